The number of piperidine rings is 1. The van der Waals surface area contributed by atoms with E-state index in [4.69, 9.17) is 16.3 Å². The van der Waals surface area contributed by atoms with Crippen molar-refractivity contribution in [3.05, 3.63) is 101 Å². The van der Waals surface area contributed by atoms with Gasteiger partial charge in [-0.1, -0.05) is 54.1 Å². The minimum Gasteiger partial charge on any atom is -0.396 e. The minimum atomic E-state index is -3.38. The zero-order chi connectivity index (χ0) is 37.8. The number of carbonyl (C=O) groups is 2. The summed E-state index contributed by atoms with van der Waals surface area (Å²) in [6, 6.07) is 23.4. The molecule has 0 radical (unpaired) electrons. The van der Waals surface area contributed by atoms with Crippen LogP contribution in [0.25, 0.3) is 0 Å². The molecule has 14 heteroatoms. The first-order valence-corrected chi connectivity index (χ1v) is 22.2. The van der Waals surface area contributed by atoms with Crippen molar-refractivity contribution < 1.29 is 23.5 Å². The molecule has 5 heterocycles. The van der Waals surface area contributed by atoms with Gasteiger partial charge in [0.1, 0.15) is 5.54 Å². The number of halogens is 2. The fourth-order valence-electron chi connectivity index (χ4n) is 9.56. The smallest absolute Gasteiger partial charge is 0.264 e. The Morgan fingerprint density at radius 1 is 1.02 bits per heavy atom. The molecule has 0 unspecified atom stereocenters. The number of ether oxygens (including phenoxy) is 1. The summed E-state index contributed by atoms with van der Waals surface area (Å²) >= 11 is 6.61. The summed E-state index contributed by atoms with van der Waals surface area (Å²) in [5, 5.41) is 21.5. The topological polar surface area (TPSA) is 116 Å². The highest BCUT2D eigenvalue weighted by Crippen LogP contribution is 2.60. The highest BCUT2D eigenvalue weighted by molar-refractivity contribution is 6.72. The molecule has 11 nitrogen and oxygen atoms in total. The number of amides is 2. The van der Waals surface area contributed by atoms with Crippen LogP contribution in [0.2, 0.25) is 23.7 Å². The van der Waals surface area contributed by atoms with Crippen LogP contribution in [-0.2, 0) is 39.4 Å². The highest BCUT2D eigenvalue weighted by atomic mass is 35.5. The Bertz CT molecular complexity index is 2040. The Morgan fingerprint density at radius 2 is 1.78 bits per heavy atom. The summed E-state index contributed by atoms with van der Waals surface area (Å²) < 4.78 is 25.0. The lowest BCUT2D eigenvalue weighted by atomic mass is 9.82. The molecule has 3 aromatic carbocycles. The third kappa shape index (κ3) is 6.14. The van der Waals surface area contributed by atoms with E-state index in [1.54, 1.807) is 41.0 Å². The fraction of sp³-hybridized carbons (Fsp3) is 0.450. The van der Waals surface area contributed by atoms with Crippen molar-refractivity contribution in [1.29, 1.82) is 0 Å². The van der Waals surface area contributed by atoms with Crippen molar-refractivity contribution in [2.45, 2.75) is 81.6 Å². The summed E-state index contributed by atoms with van der Waals surface area (Å²) in [7, 11) is -3.38. The van der Waals surface area contributed by atoms with Crippen LogP contribution in [0.5, 0.6) is 0 Å². The third-order valence-electron chi connectivity index (χ3n) is 12.0. The van der Waals surface area contributed by atoms with Crippen molar-refractivity contribution >= 4 is 48.9 Å². The molecule has 8 rings (SSSR count). The van der Waals surface area contributed by atoms with E-state index in [0.717, 1.165) is 30.0 Å². The number of rotatable bonds is 10. The van der Waals surface area contributed by atoms with Gasteiger partial charge in [0.15, 0.2) is 5.60 Å². The van der Waals surface area contributed by atoms with E-state index in [-0.39, 0.29) is 25.0 Å². The Morgan fingerprint density at radius 3 is 2.52 bits per heavy atom. The summed E-state index contributed by atoms with van der Waals surface area (Å²) in [5.74, 6) is -0.626. The second kappa shape index (κ2) is 14.2. The van der Waals surface area contributed by atoms with E-state index >= 15 is 4.11 Å². The van der Waals surface area contributed by atoms with Gasteiger partial charge >= 0.3 is 0 Å². The van der Waals surface area contributed by atoms with Gasteiger partial charge in [0.25, 0.3) is 11.8 Å². The fourth-order valence-corrected chi connectivity index (χ4v) is 12.3. The molecular weight excluding hydrogens is 725 g/mol. The number of hydrogen-bond donors (Lipinski definition) is 2. The van der Waals surface area contributed by atoms with Crippen LogP contribution < -0.4 is 20.0 Å². The molecule has 1 aromatic heterocycles. The SMILES string of the molecule is C[C@@H]1[C@@H]([Si](C)(C)F)[C@H](CCn2cc(CCO)nn2)O[C@@]12C(=O)N(Cc1cccc(N3CN(c4ccccc4)C4(CCNCC4)C3=O)c1)c1ccc(Cl)cc12. The largest absolute Gasteiger partial charge is 0.396 e. The lowest BCUT2D eigenvalue weighted by Crippen LogP contribution is -2.55. The van der Waals surface area contributed by atoms with Gasteiger partial charge in [0.2, 0.25) is 8.41 Å². The number of aryl methyl sites for hydroxylation is 1. The quantitative estimate of drug-likeness (QED) is 0.153. The minimum absolute atomic E-state index is 0.0269. The van der Waals surface area contributed by atoms with Crippen molar-refractivity contribution in [3.63, 3.8) is 0 Å². The van der Waals surface area contributed by atoms with Gasteiger partial charge in [-0.3, -0.25) is 19.2 Å². The number of hydrogen-bond acceptors (Lipinski definition) is 8. The van der Waals surface area contributed by atoms with Crippen LogP contribution in [0, 0.1) is 5.92 Å². The number of benzene rings is 3. The Labute approximate surface area is 321 Å². The molecule has 4 atom stereocenters. The van der Waals surface area contributed by atoms with Crippen LogP contribution >= 0.6 is 11.6 Å². The number of aliphatic hydroxyl groups is 1. The van der Waals surface area contributed by atoms with Gasteiger partial charge < -0.3 is 29.1 Å². The van der Waals surface area contributed by atoms with Gasteiger partial charge in [0.05, 0.1) is 30.7 Å². The normalized spacial score (nSPS) is 25.1. The van der Waals surface area contributed by atoms with Crippen molar-refractivity contribution in [3.8, 4) is 0 Å². The number of carbonyl (C=O) groups excluding carboxylic acids is 2. The molecule has 2 spiro atoms. The maximum Gasteiger partial charge on any atom is 0.264 e. The zero-order valence-electron chi connectivity index (χ0n) is 30.9. The first-order valence-electron chi connectivity index (χ1n) is 18.9. The number of fused-ring (bicyclic) bond motifs is 2. The third-order valence-corrected chi connectivity index (χ3v) is 14.7. The number of para-hydroxylation sites is 1. The Balaban J connectivity index is 1.09. The van der Waals surface area contributed by atoms with Crippen molar-refractivity contribution in [2.75, 3.05) is 41.1 Å². The molecule has 0 bridgehead atoms. The first-order chi connectivity index (χ1) is 26.0. The Hall–Kier alpha value is -4.14. The molecule has 54 heavy (non-hydrogen) atoms. The number of nitrogens with zero attached hydrogens (tertiary/aromatic N) is 6. The van der Waals surface area contributed by atoms with Gasteiger partial charge in [-0.15, -0.1) is 5.10 Å². The average Bonchev–Trinajstić information content (AvgIpc) is 3.87. The zero-order valence-corrected chi connectivity index (χ0v) is 32.7. The Kier molecular flexibility index (Phi) is 9.66. The monoisotopic (exact) mass is 771 g/mol. The molecule has 0 saturated carbocycles. The lowest BCUT2D eigenvalue weighted by Gasteiger charge is -2.39. The average molecular weight is 772 g/mol. The molecule has 0 aliphatic carbocycles. The van der Waals surface area contributed by atoms with E-state index in [9.17, 15) is 14.7 Å². The van der Waals surface area contributed by atoms with E-state index < -0.39 is 37.1 Å². The molecule has 4 aromatic rings. The maximum absolute atomic E-state index is 16.4. The van der Waals surface area contributed by atoms with Gasteiger partial charge in [-0.2, -0.15) is 0 Å². The van der Waals surface area contributed by atoms with Gasteiger partial charge in [0, 0.05) is 59.2 Å². The van der Waals surface area contributed by atoms with Gasteiger partial charge in [-0.25, -0.2) is 0 Å². The second-order valence-electron chi connectivity index (χ2n) is 15.6. The number of aromatic nitrogens is 3. The number of nitrogens with one attached hydrogen (secondary N) is 1. The first kappa shape index (κ1) is 36.8. The number of anilines is 3. The standard InChI is InChI=1S/C40H47ClFN7O4Si/c1-27-36(54(2,3)42)35(14-20-46-25-30(15-21-50)44-45-46)53-40(27)33-23-29(41)12-13-34(33)47(38(40)52)24-28-8-7-11-32(22-28)48-26-49(31-9-5-4-6-10-31)39(37(48)51)16-18-43-19-17-39/h4-13,22-23,25,27,35-36,43,50H,14-21,24,26H2,1-3H3/t27-,35+,36-,40+/m1/s1. The second-order valence-corrected chi connectivity index (χ2v) is 19.9. The van der Waals surface area contributed by atoms with Crippen molar-refractivity contribution in [1.82, 2.24) is 20.3 Å². The summed E-state index contributed by atoms with van der Waals surface area (Å²) in [4.78, 5) is 35.3. The number of aliphatic hydroxyl groups excluding tert-OH is 1. The van der Waals surface area contributed by atoms with E-state index in [1.165, 1.54) is 0 Å². The molecule has 284 valence electrons. The van der Waals surface area contributed by atoms with Crippen LogP contribution in [-0.4, -0.2) is 78.3 Å². The van der Waals surface area contributed by atoms with E-state index in [1.807, 2.05) is 60.4 Å². The summed E-state index contributed by atoms with van der Waals surface area (Å²) in [6.07, 6.45) is 3.49. The van der Waals surface area contributed by atoms with Crippen LogP contribution in [0.4, 0.5) is 21.2 Å². The molecular formula is C40H47ClFN7O4Si. The lowest BCUT2D eigenvalue weighted by molar-refractivity contribution is -0.146. The van der Waals surface area contributed by atoms with Crippen LogP contribution in [0.15, 0.2) is 79.0 Å². The maximum atomic E-state index is 16.4. The molecule has 2 amide bonds. The summed E-state index contributed by atoms with van der Waals surface area (Å²) in [5.41, 5.74) is 2.13. The summed E-state index contributed by atoms with van der Waals surface area (Å²) in [6.45, 7) is 7.90. The van der Waals surface area contributed by atoms with E-state index in [0.29, 0.717) is 60.9 Å². The van der Waals surface area contributed by atoms with Crippen LogP contribution in [0.3, 0.4) is 0 Å². The molecule has 3 saturated heterocycles. The molecule has 2 N–H and O–H groups in total. The van der Waals surface area contributed by atoms with Crippen LogP contribution in [0.1, 0.15) is 43.0 Å². The van der Waals surface area contributed by atoms with Crippen molar-refractivity contribution in [2.24, 2.45) is 5.92 Å². The molecule has 4 aliphatic heterocycles. The van der Waals surface area contributed by atoms with E-state index in [2.05, 4.69) is 32.7 Å². The predicted molar refractivity (Wildman–Crippen MR) is 209 cm³/mol. The predicted octanol–water partition coefficient (Wildman–Crippen LogP) is 5.81. The molecule has 4 aliphatic rings. The van der Waals surface area contributed by atoms with Gasteiger partial charge in [-0.05, 0) is 93.5 Å². The molecule has 3 fully saturated rings. The highest BCUT2D eigenvalue weighted by Gasteiger charge is 2.66.